The molecule has 0 saturated carbocycles. The zero-order valence-electron chi connectivity index (χ0n) is 11.3. The summed E-state index contributed by atoms with van der Waals surface area (Å²) in [5.41, 5.74) is 0.542. The van der Waals surface area contributed by atoms with Crippen molar-refractivity contribution < 1.29 is 18.3 Å². The molecule has 0 saturated heterocycles. The van der Waals surface area contributed by atoms with E-state index in [4.69, 9.17) is 5.11 Å². The van der Waals surface area contributed by atoms with Crippen molar-refractivity contribution >= 4 is 16.0 Å². The van der Waals surface area contributed by atoms with Gasteiger partial charge < -0.3 is 10.1 Å². The fourth-order valence-corrected chi connectivity index (χ4v) is 3.04. The summed E-state index contributed by atoms with van der Waals surface area (Å²) < 4.78 is 26.9. The Morgan fingerprint density at radius 1 is 1.38 bits per heavy atom. The number of nitrogens with one attached hydrogen (secondary N) is 2. The normalized spacial score (nSPS) is 13.0. The van der Waals surface area contributed by atoms with Crippen molar-refractivity contribution in [1.29, 1.82) is 0 Å². The second kappa shape index (κ2) is 6.06. The van der Waals surface area contributed by atoms with Crippen LogP contribution < -0.4 is 4.72 Å². The van der Waals surface area contributed by atoms with Gasteiger partial charge in [-0.25, -0.2) is 18.1 Å². The Balaban J connectivity index is 2.14. The molecule has 1 unspecified atom stereocenters. The lowest BCUT2D eigenvalue weighted by atomic mass is 10.2. The molecule has 2 rings (SSSR count). The lowest BCUT2D eigenvalue weighted by Crippen LogP contribution is -2.27. The number of rotatable bonds is 6. The summed E-state index contributed by atoms with van der Waals surface area (Å²) in [6, 6.07) is 5.24. The Hall–Kier alpha value is -2.19. The highest BCUT2D eigenvalue weighted by Gasteiger charge is 2.19. The van der Waals surface area contributed by atoms with E-state index in [1.165, 1.54) is 24.3 Å². The number of carbonyl (C=O) groups is 1. The van der Waals surface area contributed by atoms with Gasteiger partial charge in [-0.05, 0) is 24.6 Å². The van der Waals surface area contributed by atoms with Crippen LogP contribution in [0.25, 0.3) is 0 Å². The molecule has 0 aliphatic rings. The van der Waals surface area contributed by atoms with Crippen LogP contribution in [0, 0.1) is 0 Å². The third-order valence-electron chi connectivity index (χ3n) is 2.85. The van der Waals surface area contributed by atoms with Gasteiger partial charge in [-0.3, -0.25) is 4.79 Å². The maximum absolute atomic E-state index is 12.2. The van der Waals surface area contributed by atoms with Crippen molar-refractivity contribution in [2.45, 2.75) is 24.3 Å². The molecule has 0 bridgehead atoms. The summed E-state index contributed by atoms with van der Waals surface area (Å²) in [7, 11) is -3.69. The van der Waals surface area contributed by atoms with Crippen LogP contribution in [0.5, 0.6) is 0 Å². The molecule has 2 aromatic rings. The second-order valence-corrected chi connectivity index (χ2v) is 6.25. The van der Waals surface area contributed by atoms with Gasteiger partial charge in [0, 0.05) is 12.4 Å². The standard InChI is InChI=1S/C13H15N3O4S/c1-9(13-14-6-7-15-13)16-21(19,20)11-4-2-10(3-5-11)8-12(17)18/h2-7,9,16H,8H2,1H3,(H,14,15)(H,17,18). The molecule has 3 N–H and O–H groups in total. The predicted octanol–water partition coefficient (Wildman–Crippen LogP) is 1.08. The number of H-pyrrole nitrogens is 1. The van der Waals surface area contributed by atoms with Crippen LogP contribution in [0.1, 0.15) is 24.4 Å². The minimum absolute atomic E-state index is 0.0787. The molecule has 0 spiro atoms. The van der Waals surface area contributed by atoms with Crippen LogP contribution >= 0.6 is 0 Å². The van der Waals surface area contributed by atoms with Crippen molar-refractivity contribution in [3.05, 3.63) is 48.0 Å². The summed E-state index contributed by atoms with van der Waals surface area (Å²) in [4.78, 5) is 17.5. The van der Waals surface area contributed by atoms with E-state index in [0.29, 0.717) is 11.4 Å². The van der Waals surface area contributed by atoms with Crippen molar-refractivity contribution in [2.24, 2.45) is 0 Å². The third kappa shape index (κ3) is 3.89. The van der Waals surface area contributed by atoms with Crippen LogP contribution in [-0.2, 0) is 21.2 Å². The Morgan fingerprint density at radius 3 is 2.57 bits per heavy atom. The monoisotopic (exact) mass is 309 g/mol. The van der Waals surface area contributed by atoms with Crippen molar-refractivity contribution in [3.8, 4) is 0 Å². The fraction of sp³-hybridized carbons (Fsp3) is 0.231. The number of sulfonamides is 1. The van der Waals surface area contributed by atoms with E-state index in [1.807, 2.05) is 0 Å². The van der Waals surface area contributed by atoms with Gasteiger partial charge in [0.25, 0.3) is 0 Å². The van der Waals surface area contributed by atoms with E-state index in [-0.39, 0.29) is 11.3 Å². The molecule has 1 heterocycles. The highest BCUT2D eigenvalue weighted by molar-refractivity contribution is 7.89. The number of hydrogen-bond donors (Lipinski definition) is 3. The van der Waals surface area contributed by atoms with E-state index in [2.05, 4.69) is 14.7 Å². The number of imidazole rings is 1. The third-order valence-corrected chi connectivity index (χ3v) is 4.41. The highest BCUT2D eigenvalue weighted by Crippen LogP contribution is 2.15. The number of carboxylic acid groups (broad SMARTS) is 1. The predicted molar refractivity (Wildman–Crippen MR) is 75.1 cm³/mol. The first kappa shape index (κ1) is 15.2. The summed E-state index contributed by atoms with van der Waals surface area (Å²) >= 11 is 0. The number of aromatic amines is 1. The molecule has 0 amide bonds. The maximum atomic E-state index is 12.2. The smallest absolute Gasteiger partial charge is 0.307 e. The molecule has 1 aromatic heterocycles. The minimum atomic E-state index is -3.69. The number of benzene rings is 1. The van der Waals surface area contributed by atoms with E-state index in [9.17, 15) is 13.2 Å². The first-order chi connectivity index (χ1) is 9.88. The minimum Gasteiger partial charge on any atom is -0.481 e. The number of nitrogens with zero attached hydrogens (tertiary/aromatic N) is 1. The zero-order valence-corrected chi connectivity index (χ0v) is 12.1. The Kier molecular flexibility index (Phi) is 4.39. The highest BCUT2D eigenvalue weighted by atomic mass is 32.2. The molecule has 1 atom stereocenters. The van der Waals surface area contributed by atoms with Gasteiger partial charge in [0.2, 0.25) is 10.0 Å². The van der Waals surface area contributed by atoms with E-state index in [0.717, 1.165) is 0 Å². The van der Waals surface area contributed by atoms with Crippen molar-refractivity contribution in [1.82, 2.24) is 14.7 Å². The molecule has 0 fully saturated rings. The van der Waals surface area contributed by atoms with Crippen LogP contribution in [0.4, 0.5) is 0 Å². The lowest BCUT2D eigenvalue weighted by Gasteiger charge is -2.12. The summed E-state index contributed by atoms with van der Waals surface area (Å²) in [6.45, 7) is 1.68. The molecule has 0 radical (unpaired) electrons. The molecular formula is C13H15N3O4S. The molecule has 21 heavy (non-hydrogen) atoms. The number of hydrogen-bond acceptors (Lipinski definition) is 4. The van der Waals surface area contributed by atoms with E-state index in [1.54, 1.807) is 19.3 Å². The average Bonchev–Trinajstić information content (AvgIpc) is 2.92. The maximum Gasteiger partial charge on any atom is 0.307 e. The second-order valence-electron chi connectivity index (χ2n) is 4.53. The molecular weight excluding hydrogens is 294 g/mol. The van der Waals surface area contributed by atoms with Crippen LogP contribution in [0.2, 0.25) is 0 Å². The van der Waals surface area contributed by atoms with Crippen LogP contribution in [0.15, 0.2) is 41.6 Å². The van der Waals surface area contributed by atoms with Crippen molar-refractivity contribution in [3.63, 3.8) is 0 Å². The zero-order chi connectivity index (χ0) is 15.5. The van der Waals surface area contributed by atoms with Gasteiger partial charge in [-0.2, -0.15) is 0 Å². The van der Waals surface area contributed by atoms with Crippen LogP contribution in [-0.4, -0.2) is 29.5 Å². The number of aliphatic carboxylic acids is 1. The quantitative estimate of drug-likeness (QED) is 0.739. The summed E-state index contributed by atoms with van der Waals surface area (Å²) in [5.74, 6) is -0.448. The Bertz CT molecular complexity index is 708. The first-order valence-electron chi connectivity index (χ1n) is 6.21. The van der Waals surface area contributed by atoms with E-state index < -0.39 is 22.0 Å². The van der Waals surface area contributed by atoms with Gasteiger partial charge in [-0.1, -0.05) is 12.1 Å². The lowest BCUT2D eigenvalue weighted by molar-refractivity contribution is -0.136. The van der Waals surface area contributed by atoms with Gasteiger partial charge >= 0.3 is 5.97 Å². The van der Waals surface area contributed by atoms with Gasteiger partial charge in [0.05, 0.1) is 17.4 Å². The molecule has 0 aliphatic carbocycles. The fourth-order valence-electron chi connectivity index (χ4n) is 1.83. The number of aromatic nitrogens is 2. The summed E-state index contributed by atoms with van der Waals surface area (Å²) in [6.07, 6.45) is 3.01. The topological polar surface area (TPSA) is 112 Å². The SMILES string of the molecule is CC(NS(=O)(=O)c1ccc(CC(=O)O)cc1)c1ncc[nH]1. The largest absolute Gasteiger partial charge is 0.481 e. The molecule has 8 heteroatoms. The number of carboxylic acids is 1. The molecule has 7 nitrogen and oxygen atoms in total. The van der Waals surface area contributed by atoms with Crippen molar-refractivity contribution in [2.75, 3.05) is 0 Å². The summed E-state index contributed by atoms with van der Waals surface area (Å²) in [5, 5.41) is 8.68. The molecule has 0 aliphatic heterocycles. The van der Waals surface area contributed by atoms with E-state index >= 15 is 0 Å². The molecule has 1 aromatic carbocycles. The Morgan fingerprint density at radius 2 is 2.05 bits per heavy atom. The first-order valence-corrected chi connectivity index (χ1v) is 7.69. The average molecular weight is 309 g/mol. The van der Waals surface area contributed by atoms with Gasteiger partial charge in [-0.15, -0.1) is 0 Å². The van der Waals surface area contributed by atoms with Gasteiger partial charge in [0.15, 0.2) is 0 Å². The Labute approximate surface area is 122 Å². The molecule has 112 valence electrons. The van der Waals surface area contributed by atoms with Crippen LogP contribution in [0.3, 0.4) is 0 Å². The van der Waals surface area contributed by atoms with Gasteiger partial charge in [0.1, 0.15) is 5.82 Å².